The molecule has 0 aliphatic heterocycles. The number of ether oxygens (including phenoxy) is 2. The first-order chi connectivity index (χ1) is 7.13. The van der Waals surface area contributed by atoms with Crippen LogP contribution in [-0.2, 0) is 9.47 Å². The minimum absolute atomic E-state index is 0.383. The lowest BCUT2D eigenvalue weighted by Crippen LogP contribution is -2.40. The third-order valence-electron chi connectivity index (χ3n) is 2.37. The maximum atomic E-state index is 11.0. The highest BCUT2D eigenvalue weighted by Gasteiger charge is 2.30. The number of carbonyl (C=O) groups is 2. The molecule has 1 rings (SSSR count). The van der Waals surface area contributed by atoms with Crippen LogP contribution in [0.3, 0.4) is 0 Å². The monoisotopic (exact) mass is 216 g/mol. The van der Waals surface area contributed by atoms with E-state index in [2.05, 4.69) is 5.32 Å². The highest BCUT2D eigenvalue weighted by atomic mass is 16.6. The van der Waals surface area contributed by atoms with Crippen molar-refractivity contribution in [3.05, 3.63) is 0 Å². The number of amides is 2. The zero-order valence-electron chi connectivity index (χ0n) is 8.69. The van der Waals surface area contributed by atoms with Crippen molar-refractivity contribution in [2.75, 3.05) is 7.05 Å². The van der Waals surface area contributed by atoms with Crippen molar-refractivity contribution < 1.29 is 19.1 Å². The van der Waals surface area contributed by atoms with E-state index < -0.39 is 18.3 Å². The summed E-state index contributed by atoms with van der Waals surface area (Å²) in [5.41, 5.74) is 4.93. The van der Waals surface area contributed by atoms with Gasteiger partial charge in [-0.2, -0.15) is 0 Å². The number of carbonyl (C=O) groups excluding carboxylic acids is 2. The summed E-state index contributed by atoms with van der Waals surface area (Å²) in [6.45, 7) is 0. The zero-order valence-corrected chi connectivity index (χ0v) is 8.69. The fourth-order valence-electron chi connectivity index (χ4n) is 1.68. The van der Waals surface area contributed by atoms with Crippen LogP contribution in [0, 0.1) is 0 Å². The number of alkyl carbamates (subject to hydrolysis) is 1. The van der Waals surface area contributed by atoms with Gasteiger partial charge >= 0.3 is 12.2 Å². The molecule has 2 amide bonds. The first-order valence-corrected chi connectivity index (χ1v) is 4.98. The Balaban J connectivity index is 2.49. The minimum Gasteiger partial charge on any atom is -0.442 e. The molecule has 0 aromatic heterocycles. The van der Waals surface area contributed by atoms with Crippen molar-refractivity contribution in [1.82, 2.24) is 5.32 Å². The lowest BCUT2D eigenvalue weighted by atomic mass is 9.94. The first-order valence-electron chi connectivity index (χ1n) is 4.98. The van der Waals surface area contributed by atoms with Crippen LogP contribution in [0.25, 0.3) is 0 Å². The maximum Gasteiger partial charge on any atom is 0.407 e. The molecule has 1 fully saturated rings. The van der Waals surface area contributed by atoms with Crippen molar-refractivity contribution in [1.29, 1.82) is 0 Å². The normalized spacial score (nSPS) is 25.4. The zero-order chi connectivity index (χ0) is 11.3. The van der Waals surface area contributed by atoms with Crippen LogP contribution in [0.2, 0.25) is 0 Å². The highest BCUT2D eigenvalue weighted by Crippen LogP contribution is 2.23. The summed E-state index contributed by atoms with van der Waals surface area (Å²) in [4.78, 5) is 21.6. The number of nitrogens with two attached hydrogens (primary N) is 1. The number of nitrogens with one attached hydrogen (secondary N) is 1. The maximum absolute atomic E-state index is 11.0. The molecule has 2 atom stereocenters. The molecule has 0 radical (unpaired) electrons. The predicted molar refractivity (Wildman–Crippen MR) is 52.3 cm³/mol. The van der Waals surface area contributed by atoms with Crippen LogP contribution in [-0.4, -0.2) is 31.4 Å². The summed E-state index contributed by atoms with van der Waals surface area (Å²) in [7, 11) is 1.48. The topological polar surface area (TPSA) is 90.7 Å². The number of primary amides is 1. The van der Waals surface area contributed by atoms with Gasteiger partial charge in [0.2, 0.25) is 0 Å². The van der Waals surface area contributed by atoms with Crippen LogP contribution in [0.5, 0.6) is 0 Å². The SMILES string of the molecule is CNC(=O)O[C@@H]1CCCC[C@H]1OC(N)=O. The van der Waals surface area contributed by atoms with E-state index in [1.807, 2.05) is 0 Å². The molecule has 0 bridgehead atoms. The van der Waals surface area contributed by atoms with Gasteiger partial charge in [0.15, 0.2) is 0 Å². The molecule has 0 unspecified atom stereocenters. The molecule has 6 nitrogen and oxygen atoms in total. The molecule has 15 heavy (non-hydrogen) atoms. The molecule has 1 saturated carbocycles. The third kappa shape index (κ3) is 3.65. The largest absolute Gasteiger partial charge is 0.442 e. The summed E-state index contributed by atoms with van der Waals surface area (Å²) < 4.78 is 9.95. The average Bonchev–Trinajstić information content (AvgIpc) is 2.20. The van der Waals surface area contributed by atoms with E-state index in [1.165, 1.54) is 7.05 Å². The van der Waals surface area contributed by atoms with Crippen LogP contribution in [0.4, 0.5) is 9.59 Å². The molecular formula is C9H16N2O4. The van der Waals surface area contributed by atoms with E-state index in [9.17, 15) is 9.59 Å². The standard InChI is InChI=1S/C9H16N2O4/c1-11-9(13)15-7-5-3-2-4-6(7)14-8(10)12/h6-7H,2-5H2,1H3,(H2,10,12)(H,11,13)/t6-,7-/m1/s1. The van der Waals surface area contributed by atoms with Crippen LogP contribution >= 0.6 is 0 Å². The summed E-state index contributed by atoms with van der Waals surface area (Å²) in [6.07, 6.45) is 1.16. The molecule has 0 aromatic rings. The molecular weight excluding hydrogens is 200 g/mol. The molecule has 0 heterocycles. The Bertz CT molecular complexity index is 244. The third-order valence-corrected chi connectivity index (χ3v) is 2.37. The number of rotatable bonds is 2. The van der Waals surface area contributed by atoms with E-state index in [0.717, 1.165) is 12.8 Å². The van der Waals surface area contributed by atoms with E-state index >= 15 is 0 Å². The Labute approximate surface area is 88.1 Å². The molecule has 0 aromatic carbocycles. The van der Waals surface area contributed by atoms with Gasteiger partial charge in [-0.3, -0.25) is 0 Å². The van der Waals surface area contributed by atoms with Crippen molar-refractivity contribution in [3.63, 3.8) is 0 Å². The molecule has 1 aliphatic carbocycles. The van der Waals surface area contributed by atoms with Gasteiger partial charge in [0.1, 0.15) is 12.2 Å². The second-order valence-corrected chi connectivity index (χ2v) is 3.45. The first kappa shape index (κ1) is 11.6. The van der Waals surface area contributed by atoms with Crippen LogP contribution in [0.15, 0.2) is 0 Å². The van der Waals surface area contributed by atoms with E-state index in [-0.39, 0.29) is 6.10 Å². The van der Waals surface area contributed by atoms with E-state index in [1.54, 1.807) is 0 Å². The number of hydrogen-bond donors (Lipinski definition) is 2. The van der Waals surface area contributed by atoms with Crippen molar-refractivity contribution in [3.8, 4) is 0 Å². The second-order valence-electron chi connectivity index (χ2n) is 3.45. The van der Waals surface area contributed by atoms with Gasteiger partial charge in [-0.15, -0.1) is 0 Å². The van der Waals surface area contributed by atoms with Gasteiger partial charge < -0.3 is 20.5 Å². The lowest BCUT2D eigenvalue weighted by molar-refractivity contribution is -0.0277. The lowest BCUT2D eigenvalue weighted by Gasteiger charge is -2.29. The minimum atomic E-state index is -0.826. The molecule has 0 spiro atoms. The molecule has 0 saturated heterocycles. The number of hydrogen-bond acceptors (Lipinski definition) is 4. The average molecular weight is 216 g/mol. The summed E-state index contributed by atoms with van der Waals surface area (Å²) in [6, 6.07) is 0. The van der Waals surface area contributed by atoms with Gasteiger partial charge in [0, 0.05) is 7.05 Å². The molecule has 6 heteroatoms. The highest BCUT2D eigenvalue weighted by molar-refractivity contribution is 5.67. The van der Waals surface area contributed by atoms with E-state index in [0.29, 0.717) is 12.8 Å². The molecule has 3 N–H and O–H groups in total. The Morgan fingerprint density at radius 3 is 2.20 bits per heavy atom. The van der Waals surface area contributed by atoms with E-state index in [4.69, 9.17) is 15.2 Å². The van der Waals surface area contributed by atoms with Crippen molar-refractivity contribution in [2.24, 2.45) is 5.73 Å². The second kappa shape index (κ2) is 5.43. The van der Waals surface area contributed by atoms with Gasteiger partial charge in [0.25, 0.3) is 0 Å². The quantitative estimate of drug-likeness (QED) is 0.712. The molecule has 86 valence electrons. The van der Waals surface area contributed by atoms with Gasteiger partial charge in [-0.25, -0.2) is 9.59 Å². The molecule has 1 aliphatic rings. The van der Waals surface area contributed by atoms with Crippen LogP contribution < -0.4 is 11.1 Å². The van der Waals surface area contributed by atoms with Crippen LogP contribution in [0.1, 0.15) is 25.7 Å². The summed E-state index contributed by atoms with van der Waals surface area (Å²) in [5.74, 6) is 0. The Hall–Kier alpha value is -1.46. The smallest absolute Gasteiger partial charge is 0.407 e. The fourth-order valence-corrected chi connectivity index (χ4v) is 1.68. The van der Waals surface area contributed by atoms with Gasteiger partial charge in [-0.1, -0.05) is 0 Å². The van der Waals surface area contributed by atoms with Gasteiger partial charge in [-0.05, 0) is 25.7 Å². The van der Waals surface area contributed by atoms with Gasteiger partial charge in [0.05, 0.1) is 0 Å². The Morgan fingerprint density at radius 1 is 1.20 bits per heavy atom. The Morgan fingerprint density at radius 2 is 1.73 bits per heavy atom. The van der Waals surface area contributed by atoms with Crippen molar-refractivity contribution >= 4 is 12.2 Å². The summed E-state index contributed by atoms with van der Waals surface area (Å²) in [5, 5.41) is 2.35. The fraction of sp³-hybridized carbons (Fsp3) is 0.778. The summed E-state index contributed by atoms with van der Waals surface area (Å²) >= 11 is 0. The Kier molecular flexibility index (Phi) is 4.20. The van der Waals surface area contributed by atoms with Crippen molar-refractivity contribution in [2.45, 2.75) is 37.9 Å². The predicted octanol–water partition coefficient (Wildman–Crippen LogP) is 0.749.